The van der Waals surface area contributed by atoms with Crippen molar-refractivity contribution in [2.75, 3.05) is 50.1 Å². The lowest BCUT2D eigenvalue weighted by Crippen LogP contribution is -2.48. The highest BCUT2D eigenvalue weighted by molar-refractivity contribution is 5.48. The molecule has 1 aromatic heterocycles. The molecule has 4 aromatic rings. The third-order valence-corrected chi connectivity index (χ3v) is 6.79. The summed E-state index contributed by atoms with van der Waals surface area (Å²) in [5.74, 6) is 0.909. The Morgan fingerprint density at radius 2 is 1.46 bits per heavy atom. The van der Waals surface area contributed by atoms with Crippen LogP contribution < -0.4 is 9.80 Å². The molecule has 7 nitrogen and oxygen atoms in total. The lowest BCUT2D eigenvalue weighted by Gasteiger charge is -2.40. The van der Waals surface area contributed by atoms with Crippen molar-refractivity contribution in [2.24, 2.45) is 0 Å². The van der Waals surface area contributed by atoms with Crippen molar-refractivity contribution in [1.82, 2.24) is 25.1 Å². The molecule has 180 valence electrons. The summed E-state index contributed by atoms with van der Waals surface area (Å²) in [6.45, 7) is 4.59. The van der Waals surface area contributed by atoms with Gasteiger partial charge in [-0.3, -0.25) is 4.90 Å². The molecule has 1 atom stereocenters. The normalized spacial score (nSPS) is 15.2. The first kappa shape index (κ1) is 23.1. The van der Waals surface area contributed by atoms with E-state index in [2.05, 4.69) is 129 Å². The summed E-state index contributed by atoms with van der Waals surface area (Å²) in [5, 5.41) is 13.0. The molecule has 0 bridgehead atoms. The average molecular weight is 468 g/mol. The second kappa shape index (κ2) is 10.7. The number of tetrazole rings is 1. The zero-order valence-corrected chi connectivity index (χ0v) is 20.5. The third-order valence-electron chi connectivity index (χ3n) is 6.79. The molecule has 7 heteroatoms. The minimum Gasteiger partial charge on any atom is -0.378 e. The fourth-order valence-corrected chi connectivity index (χ4v) is 4.80. The Balaban J connectivity index is 1.40. The summed E-state index contributed by atoms with van der Waals surface area (Å²) >= 11 is 0. The van der Waals surface area contributed by atoms with Crippen LogP contribution in [-0.4, -0.2) is 65.4 Å². The first-order valence-electron chi connectivity index (χ1n) is 12.3. The predicted octanol–water partition coefficient (Wildman–Crippen LogP) is 3.89. The van der Waals surface area contributed by atoms with Crippen molar-refractivity contribution >= 4 is 11.4 Å². The molecule has 0 spiro atoms. The topological polar surface area (TPSA) is 53.3 Å². The Hall–Kier alpha value is -3.71. The van der Waals surface area contributed by atoms with Gasteiger partial charge in [0.2, 0.25) is 0 Å². The molecule has 0 N–H and O–H groups in total. The van der Waals surface area contributed by atoms with Gasteiger partial charge in [-0.15, -0.1) is 5.10 Å². The smallest absolute Gasteiger partial charge is 0.173 e. The maximum absolute atomic E-state index is 4.55. The quantitative estimate of drug-likeness (QED) is 0.392. The van der Waals surface area contributed by atoms with Crippen molar-refractivity contribution in [1.29, 1.82) is 0 Å². The van der Waals surface area contributed by atoms with Gasteiger partial charge in [0.05, 0.1) is 6.04 Å². The van der Waals surface area contributed by atoms with E-state index in [0.29, 0.717) is 0 Å². The van der Waals surface area contributed by atoms with Gasteiger partial charge in [-0.1, -0.05) is 60.7 Å². The van der Waals surface area contributed by atoms with Gasteiger partial charge < -0.3 is 9.80 Å². The largest absolute Gasteiger partial charge is 0.378 e. The Morgan fingerprint density at radius 1 is 0.800 bits per heavy atom. The Morgan fingerprint density at radius 3 is 2.11 bits per heavy atom. The second-order valence-corrected chi connectivity index (χ2v) is 9.24. The van der Waals surface area contributed by atoms with Gasteiger partial charge >= 0.3 is 0 Å². The van der Waals surface area contributed by atoms with Crippen LogP contribution in [0.5, 0.6) is 0 Å². The Labute approximate surface area is 207 Å². The summed E-state index contributed by atoms with van der Waals surface area (Å²) in [5.41, 5.74) is 4.98. The van der Waals surface area contributed by atoms with Crippen LogP contribution in [0.2, 0.25) is 0 Å². The molecule has 1 fully saturated rings. The molecule has 3 aromatic carbocycles. The van der Waals surface area contributed by atoms with E-state index < -0.39 is 0 Å². The van der Waals surface area contributed by atoms with Crippen LogP contribution in [0, 0.1) is 0 Å². The maximum atomic E-state index is 4.55. The monoisotopic (exact) mass is 467 g/mol. The summed E-state index contributed by atoms with van der Waals surface area (Å²) in [7, 11) is 4.14. The van der Waals surface area contributed by atoms with E-state index in [4.69, 9.17) is 0 Å². The number of benzene rings is 3. The summed E-state index contributed by atoms with van der Waals surface area (Å²) in [6, 6.07) is 30.0. The highest BCUT2D eigenvalue weighted by Gasteiger charge is 2.30. The van der Waals surface area contributed by atoms with E-state index in [-0.39, 0.29) is 6.04 Å². The van der Waals surface area contributed by atoms with Crippen LogP contribution in [0.3, 0.4) is 0 Å². The molecule has 0 radical (unpaired) electrons. The molecular formula is C28H33N7. The molecule has 2 heterocycles. The molecule has 0 aliphatic carbocycles. The van der Waals surface area contributed by atoms with Gasteiger partial charge in [0.25, 0.3) is 0 Å². The average Bonchev–Trinajstić information content (AvgIpc) is 3.37. The Bertz CT molecular complexity index is 1180. The fourth-order valence-electron chi connectivity index (χ4n) is 4.80. The van der Waals surface area contributed by atoms with Crippen molar-refractivity contribution < 1.29 is 0 Å². The molecule has 1 aliphatic heterocycles. The summed E-state index contributed by atoms with van der Waals surface area (Å²) in [4.78, 5) is 7.11. The van der Waals surface area contributed by atoms with Crippen molar-refractivity contribution in [3.63, 3.8) is 0 Å². The van der Waals surface area contributed by atoms with E-state index in [1.165, 1.54) is 22.5 Å². The van der Waals surface area contributed by atoms with E-state index in [0.717, 1.165) is 45.0 Å². The summed E-state index contributed by atoms with van der Waals surface area (Å²) < 4.78 is 1.99. The van der Waals surface area contributed by atoms with Gasteiger partial charge in [-0.2, -0.15) is 0 Å². The van der Waals surface area contributed by atoms with Gasteiger partial charge in [0, 0.05) is 58.2 Å². The number of rotatable bonds is 8. The lowest BCUT2D eigenvalue weighted by atomic mass is 10.0. The van der Waals surface area contributed by atoms with Crippen LogP contribution in [-0.2, 0) is 13.0 Å². The fraction of sp³-hybridized carbons (Fsp3) is 0.321. The zero-order valence-electron chi connectivity index (χ0n) is 20.5. The number of hydrogen-bond donors (Lipinski definition) is 0. The highest BCUT2D eigenvalue weighted by Crippen LogP contribution is 2.30. The van der Waals surface area contributed by atoms with Gasteiger partial charge in [0.15, 0.2) is 5.82 Å². The Kier molecular flexibility index (Phi) is 7.04. The first-order valence-corrected chi connectivity index (χ1v) is 12.3. The second-order valence-electron chi connectivity index (χ2n) is 9.24. The molecule has 1 saturated heterocycles. The van der Waals surface area contributed by atoms with Crippen LogP contribution in [0.1, 0.15) is 23.0 Å². The highest BCUT2D eigenvalue weighted by atomic mass is 15.6. The predicted molar refractivity (Wildman–Crippen MR) is 141 cm³/mol. The number of aromatic nitrogens is 4. The molecular weight excluding hydrogens is 434 g/mol. The standard InChI is InChI=1S/C28H33N7/c1-32(2)25-15-13-24(14-16-25)27(34-21-19-33(20-22-34)26-11-7-4-8-12-26)28-29-30-31-35(28)18-17-23-9-5-3-6-10-23/h3-16,27H,17-22H2,1-2H3/t27-/m0/s1. The maximum Gasteiger partial charge on any atom is 0.173 e. The number of piperazine rings is 1. The van der Waals surface area contributed by atoms with Gasteiger partial charge in [-0.25, -0.2) is 4.68 Å². The first-order chi connectivity index (χ1) is 17.2. The van der Waals surface area contributed by atoms with E-state index in [1.54, 1.807) is 0 Å². The van der Waals surface area contributed by atoms with Crippen LogP contribution in [0.15, 0.2) is 84.9 Å². The van der Waals surface area contributed by atoms with Gasteiger partial charge in [-0.05, 0) is 52.2 Å². The molecule has 5 rings (SSSR count). The molecule has 0 unspecified atom stereocenters. The number of hydrogen-bond acceptors (Lipinski definition) is 6. The molecule has 35 heavy (non-hydrogen) atoms. The summed E-state index contributed by atoms with van der Waals surface area (Å²) in [6.07, 6.45) is 0.896. The number of anilines is 2. The lowest BCUT2D eigenvalue weighted by molar-refractivity contribution is 0.200. The van der Waals surface area contributed by atoms with Crippen molar-refractivity contribution in [3.05, 3.63) is 102 Å². The number of para-hydroxylation sites is 1. The van der Waals surface area contributed by atoms with E-state index in [9.17, 15) is 0 Å². The van der Waals surface area contributed by atoms with Gasteiger partial charge in [0.1, 0.15) is 0 Å². The molecule has 1 aliphatic rings. The third kappa shape index (κ3) is 5.35. The van der Waals surface area contributed by atoms with Crippen LogP contribution in [0.25, 0.3) is 0 Å². The molecule has 0 amide bonds. The van der Waals surface area contributed by atoms with E-state index >= 15 is 0 Å². The van der Waals surface area contributed by atoms with Crippen LogP contribution >= 0.6 is 0 Å². The zero-order chi connectivity index (χ0) is 24.0. The van der Waals surface area contributed by atoms with Crippen LogP contribution in [0.4, 0.5) is 11.4 Å². The number of nitrogens with zero attached hydrogens (tertiary/aromatic N) is 7. The minimum atomic E-state index is 0.00917. The van der Waals surface area contributed by atoms with E-state index in [1.807, 2.05) is 4.68 Å². The van der Waals surface area contributed by atoms with Crippen molar-refractivity contribution in [3.8, 4) is 0 Å². The number of aryl methyl sites for hydroxylation is 2. The SMILES string of the molecule is CN(C)c1ccc([C@@H](c2nnnn2CCc2ccccc2)N2CCN(c3ccccc3)CC2)cc1. The molecule has 0 saturated carbocycles. The van der Waals surface area contributed by atoms with Crippen molar-refractivity contribution in [2.45, 2.75) is 19.0 Å². The minimum absolute atomic E-state index is 0.00917.